The third-order valence-electron chi connectivity index (χ3n) is 3.25. The number of carbonyl (C=O) groups is 2. The predicted octanol–water partition coefficient (Wildman–Crippen LogP) is 0.213. The Morgan fingerprint density at radius 1 is 1.47 bits per heavy atom. The summed E-state index contributed by atoms with van der Waals surface area (Å²) < 4.78 is 1.64. The van der Waals surface area contributed by atoms with Crippen LogP contribution in [-0.2, 0) is 11.8 Å². The molecular formula is C11H15N3O3. The highest BCUT2D eigenvalue weighted by Crippen LogP contribution is 2.24. The summed E-state index contributed by atoms with van der Waals surface area (Å²) >= 11 is 0. The molecule has 1 fully saturated rings. The predicted molar refractivity (Wildman–Crippen MR) is 59.4 cm³/mol. The van der Waals surface area contributed by atoms with E-state index in [0.29, 0.717) is 12.2 Å². The summed E-state index contributed by atoms with van der Waals surface area (Å²) in [5.41, 5.74) is 0.489. The second-order valence-corrected chi connectivity index (χ2v) is 4.52. The second-order valence-electron chi connectivity index (χ2n) is 4.52. The number of carboxylic acid groups (broad SMARTS) is 1. The van der Waals surface area contributed by atoms with E-state index in [1.54, 1.807) is 22.8 Å². The Hall–Kier alpha value is -1.85. The first-order valence-corrected chi connectivity index (χ1v) is 5.49. The lowest BCUT2D eigenvalue weighted by atomic mass is 9.99. The summed E-state index contributed by atoms with van der Waals surface area (Å²) in [7, 11) is 1.74. The molecule has 1 aromatic rings. The van der Waals surface area contributed by atoms with E-state index in [2.05, 4.69) is 4.98 Å². The Kier molecular flexibility index (Phi) is 2.87. The van der Waals surface area contributed by atoms with Crippen molar-refractivity contribution in [2.24, 2.45) is 18.9 Å². The SMILES string of the molecule is CC1CN(C(=O)c2cncn2C)CC1C(=O)O. The van der Waals surface area contributed by atoms with Crippen LogP contribution >= 0.6 is 0 Å². The zero-order valence-electron chi connectivity index (χ0n) is 9.83. The maximum atomic E-state index is 12.1. The molecule has 0 radical (unpaired) electrons. The van der Waals surface area contributed by atoms with Crippen LogP contribution in [0.4, 0.5) is 0 Å². The van der Waals surface area contributed by atoms with E-state index < -0.39 is 11.9 Å². The van der Waals surface area contributed by atoms with Crippen molar-refractivity contribution in [3.8, 4) is 0 Å². The highest BCUT2D eigenvalue weighted by atomic mass is 16.4. The fourth-order valence-electron chi connectivity index (χ4n) is 2.18. The molecule has 1 N–H and O–H groups in total. The minimum Gasteiger partial charge on any atom is -0.481 e. The molecule has 1 aliphatic heterocycles. The van der Waals surface area contributed by atoms with E-state index in [4.69, 9.17) is 5.11 Å². The van der Waals surface area contributed by atoms with Crippen LogP contribution in [-0.4, -0.2) is 44.5 Å². The zero-order valence-corrected chi connectivity index (χ0v) is 9.83. The van der Waals surface area contributed by atoms with Gasteiger partial charge in [0.2, 0.25) is 0 Å². The summed E-state index contributed by atoms with van der Waals surface area (Å²) in [4.78, 5) is 28.6. The average molecular weight is 237 g/mol. The third-order valence-corrected chi connectivity index (χ3v) is 3.25. The van der Waals surface area contributed by atoms with Crippen LogP contribution in [0.25, 0.3) is 0 Å². The largest absolute Gasteiger partial charge is 0.481 e. The molecule has 1 amide bonds. The van der Waals surface area contributed by atoms with Crippen molar-refractivity contribution in [1.29, 1.82) is 0 Å². The van der Waals surface area contributed by atoms with E-state index in [1.165, 1.54) is 6.20 Å². The lowest BCUT2D eigenvalue weighted by Crippen LogP contribution is -2.31. The summed E-state index contributed by atoms with van der Waals surface area (Å²) in [6.45, 7) is 2.62. The van der Waals surface area contributed by atoms with Gasteiger partial charge in [0.05, 0.1) is 18.4 Å². The number of aromatic nitrogens is 2. The summed E-state index contributed by atoms with van der Waals surface area (Å²) in [5, 5.41) is 9.01. The molecule has 0 aliphatic carbocycles. The maximum Gasteiger partial charge on any atom is 0.308 e. The molecule has 92 valence electrons. The van der Waals surface area contributed by atoms with Gasteiger partial charge in [-0.25, -0.2) is 4.98 Å². The standard InChI is InChI=1S/C11H15N3O3/c1-7-4-14(5-8(7)11(16)17)10(15)9-3-12-6-13(9)2/h3,6-8H,4-5H2,1-2H3,(H,16,17). The Bertz CT molecular complexity index is 455. The fourth-order valence-corrected chi connectivity index (χ4v) is 2.18. The molecule has 1 aliphatic rings. The molecule has 6 heteroatoms. The van der Waals surface area contributed by atoms with Gasteiger partial charge in [-0.3, -0.25) is 9.59 Å². The van der Waals surface area contributed by atoms with Crippen LogP contribution in [0, 0.1) is 11.8 Å². The number of amides is 1. The minimum absolute atomic E-state index is 0.00956. The van der Waals surface area contributed by atoms with Gasteiger partial charge >= 0.3 is 5.97 Å². The van der Waals surface area contributed by atoms with Crippen LogP contribution in [0.3, 0.4) is 0 Å². The van der Waals surface area contributed by atoms with Gasteiger partial charge in [0, 0.05) is 20.1 Å². The minimum atomic E-state index is -0.835. The molecule has 17 heavy (non-hydrogen) atoms. The van der Waals surface area contributed by atoms with E-state index in [1.807, 2.05) is 6.92 Å². The highest BCUT2D eigenvalue weighted by molar-refractivity contribution is 5.93. The van der Waals surface area contributed by atoms with Crippen LogP contribution in [0.5, 0.6) is 0 Å². The summed E-state index contributed by atoms with van der Waals surface area (Å²) in [5.74, 6) is -1.46. The van der Waals surface area contributed by atoms with Crippen LogP contribution in [0.15, 0.2) is 12.5 Å². The number of hydrogen-bond acceptors (Lipinski definition) is 3. The Morgan fingerprint density at radius 2 is 2.18 bits per heavy atom. The average Bonchev–Trinajstić information content (AvgIpc) is 2.83. The van der Waals surface area contributed by atoms with Crippen LogP contribution < -0.4 is 0 Å². The normalized spacial score (nSPS) is 24.0. The van der Waals surface area contributed by atoms with Crippen molar-refractivity contribution in [2.45, 2.75) is 6.92 Å². The number of likely N-dealkylation sites (tertiary alicyclic amines) is 1. The summed E-state index contributed by atoms with van der Waals surface area (Å²) in [6, 6.07) is 0. The van der Waals surface area contributed by atoms with Gasteiger partial charge in [-0.05, 0) is 5.92 Å². The monoisotopic (exact) mass is 237 g/mol. The number of aryl methyl sites for hydroxylation is 1. The van der Waals surface area contributed by atoms with Crippen molar-refractivity contribution >= 4 is 11.9 Å². The van der Waals surface area contributed by atoms with E-state index in [-0.39, 0.29) is 18.4 Å². The molecule has 2 unspecified atom stereocenters. The topological polar surface area (TPSA) is 75.4 Å². The van der Waals surface area contributed by atoms with Gasteiger partial charge in [0.25, 0.3) is 5.91 Å². The smallest absolute Gasteiger partial charge is 0.308 e. The Morgan fingerprint density at radius 3 is 2.65 bits per heavy atom. The molecule has 1 aromatic heterocycles. The molecule has 0 saturated carbocycles. The molecule has 0 aromatic carbocycles. The number of rotatable bonds is 2. The second kappa shape index (κ2) is 4.20. The quantitative estimate of drug-likeness (QED) is 0.798. The molecule has 1 saturated heterocycles. The number of carbonyl (C=O) groups excluding carboxylic acids is 1. The first-order valence-electron chi connectivity index (χ1n) is 5.49. The van der Waals surface area contributed by atoms with Gasteiger partial charge in [0.1, 0.15) is 5.69 Å². The van der Waals surface area contributed by atoms with Crippen molar-refractivity contribution in [1.82, 2.24) is 14.5 Å². The van der Waals surface area contributed by atoms with E-state index in [0.717, 1.165) is 0 Å². The third kappa shape index (κ3) is 2.02. The number of imidazole rings is 1. The fraction of sp³-hybridized carbons (Fsp3) is 0.545. The van der Waals surface area contributed by atoms with Gasteiger partial charge in [0.15, 0.2) is 0 Å². The summed E-state index contributed by atoms with van der Waals surface area (Å²) in [6.07, 6.45) is 3.06. The van der Waals surface area contributed by atoms with E-state index in [9.17, 15) is 9.59 Å². The lowest BCUT2D eigenvalue weighted by Gasteiger charge is -2.15. The number of nitrogens with zero attached hydrogens (tertiary/aromatic N) is 3. The zero-order chi connectivity index (χ0) is 12.6. The highest BCUT2D eigenvalue weighted by Gasteiger charge is 2.37. The van der Waals surface area contributed by atoms with Crippen molar-refractivity contribution in [3.63, 3.8) is 0 Å². The Balaban J connectivity index is 2.13. The Labute approximate surface area is 98.9 Å². The van der Waals surface area contributed by atoms with E-state index >= 15 is 0 Å². The van der Waals surface area contributed by atoms with Crippen molar-refractivity contribution < 1.29 is 14.7 Å². The lowest BCUT2D eigenvalue weighted by molar-refractivity contribution is -0.142. The van der Waals surface area contributed by atoms with Crippen molar-refractivity contribution in [3.05, 3.63) is 18.2 Å². The molecule has 0 spiro atoms. The molecule has 2 atom stereocenters. The molecule has 2 rings (SSSR count). The van der Waals surface area contributed by atoms with Crippen LogP contribution in [0.2, 0.25) is 0 Å². The van der Waals surface area contributed by atoms with Gasteiger partial charge in [-0.15, -0.1) is 0 Å². The molecule has 0 bridgehead atoms. The first kappa shape index (κ1) is 11.6. The number of hydrogen-bond donors (Lipinski definition) is 1. The van der Waals surface area contributed by atoms with Crippen molar-refractivity contribution in [2.75, 3.05) is 13.1 Å². The van der Waals surface area contributed by atoms with Gasteiger partial charge in [-0.1, -0.05) is 6.92 Å². The number of aliphatic carboxylic acids is 1. The number of carboxylic acids is 1. The van der Waals surface area contributed by atoms with Gasteiger partial charge in [-0.2, -0.15) is 0 Å². The van der Waals surface area contributed by atoms with Gasteiger partial charge < -0.3 is 14.6 Å². The molecule has 6 nitrogen and oxygen atoms in total. The van der Waals surface area contributed by atoms with Crippen LogP contribution in [0.1, 0.15) is 17.4 Å². The molecular weight excluding hydrogens is 222 g/mol. The maximum absolute atomic E-state index is 12.1. The molecule has 2 heterocycles. The first-order chi connectivity index (χ1) is 8.00.